The molecule has 10 aromatic rings. The Morgan fingerprint density at radius 3 is 1.17 bits per heavy atom. The Balaban J connectivity index is 0.000000223. The van der Waals surface area contributed by atoms with Gasteiger partial charge in [0.05, 0.1) is 116 Å². The minimum Gasteiger partial charge on any atom is -0.493 e. The van der Waals surface area contributed by atoms with Crippen molar-refractivity contribution in [2.75, 3.05) is 109 Å². The van der Waals surface area contributed by atoms with Gasteiger partial charge in [-0.25, -0.2) is 53.4 Å². The predicted molar refractivity (Wildman–Crippen MR) is 507 cm³/mol. The van der Waals surface area contributed by atoms with Crippen LogP contribution in [0.25, 0.3) is 11.2 Å². The average Bonchev–Trinajstić information content (AvgIpc) is 1.61. The molecular weight excluding hydrogens is 2070 g/mol. The maximum atomic E-state index is 12.9. The maximum Gasteiger partial charge on any atom is 0.328 e. The van der Waals surface area contributed by atoms with Gasteiger partial charge in [-0.05, 0) is 230 Å². The number of rotatable bonds is 36. The van der Waals surface area contributed by atoms with Gasteiger partial charge in [0.25, 0.3) is 5.69 Å². The smallest absolute Gasteiger partial charge is 0.328 e. The van der Waals surface area contributed by atoms with Crippen molar-refractivity contribution in [2.24, 2.45) is 5.73 Å². The number of nitrogens with one attached hydrogen (secondary N) is 1. The van der Waals surface area contributed by atoms with Crippen LogP contribution in [-0.4, -0.2) is 186 Å². The molecule has 4 aliphatic carbocycles. The van der Waals surface area contributed by atoms with Crippen LogP contribution in [0.2, 0.25) is 10.3 Å². The van der Waals surface area contributed by atoms with Gasteiger partial charge in [-0.2, -0.15) is 0 Å². The van der Waals surface area contributed by atoms with Gasteiger partial charge in [0.15, 0.2) is 51.6 Å². The number of hydrogen-bond acceptors (Lipinski definition) is 30. The summed E-state index contributed by atoms with van der Waals surface area (Å²) in [5, 5.41) is 32.3. The second kappa shape index (κ2) is 49.2. The third-order valence-corrected chi connectivity index (χ3v) is 25.7. The summed E-state index contributed by atoms with van der Waals surface area (Å²) >= 11 is 14.0. The summed E-state index contributed by atoms with van der Waals surface area (Å²) < 4.78 is 141. The molecule has 4 fully saturated rings. The van der Waals surface area contributed by atoms with Crippen LogP contribution in [-0.2, 0) is 73.3 Å². The number of aromatic nitrogens is 7. The Kier molecular flexibility index (Phi) is 40.5. The number of hydrogen-bond donors (Lipinski definition) is 3. The molecule has 4 aromatic carbocycles. The van der Waals surface area contributed by atoms with Crippen LogP contribution in [0.1, 0.15) is 183 Å². The summed E-state index contributed by atoms with van der Waals surface area (Å²) in [5.74, 6) is 5.07. The number of nitrogens with two attached hydrogens (primary N) is 2. The van der Waals surface area contributed by atoms with Crippen molar-refractivity contribution in [3.63, 3.8) is 0 Å². The van der Waals surface area contributed by atoms with Crippen LogP contribution in [0.5, 0.6) is 46.0 Å². The van der Waals surface area contributed by atoms with Crippen molar-refractivity contribution >= 4 is 112 Å². The van der Waals surface area contributed by atoms with Gasteiger partial charge in [-0.1, -0.05) is 47.5 Å². The van der Waals surface area contributed by atoms with Gasteiger partial charge in [-0.15, -0.1) is 0 Å². The zero-order valence-corrected chi connectivity index (χ0v) is 84.6. The maximum absolute atomic E-state index is 12.9. The number of ether oxygens (including phenoxy) is 8. The second-order valence-electron chi connectivity index (χ2n) is 31.6. The molecular formula is C89H110BrCl2N12O23S4W-. The summed E-state index contributed by atoms with van der Waals surface area (Å²) in [4.78, 5) is 67.4. The average molecular weight is 2180 g/mol. The number of halogens is 3. The number of nitrogens with zero attached hydrogens (tertiary/aromatic N) is 9. The minimum absolute atomic E-state index is 0. The Labute approximate surface area is 801 Å². The predicted octanol–water partition coefficient (Wildman–Crippen LogP) is 16.1. The number of pyridine rings is 5. The first-order chi connectivity index (χ1) is 61.5. The zero-order valence-electron chi connectivity index (χ0n) is 75.3. The molecule has 0 aliphatic heterocycles. The monoisotopic (exact) mass is 2180 g/mol. The molecule has 6 heterocycles. The van der Waals surface area contributed by atoms with Crippen LogP contribution in [0.3, 0.4) is 0 Å². The molecule has 14 rings (SSSR count). The van der Waals surface area contributed by atoms with Crippen LogP contribution in [0, 0.1) is 37.8 Å². The number of benzene rings is 4. The molecule has 4 atom stereocenters. The summed E-state index contributed by atoms with van der Waals surface area (Å²) in [6.45, 7) is 9.30. The van der Waals surface area contributed by atoms with E-state index in [0.29, 0.717) is 141 Å². The van der Waals surface area contributed by atoms with E-state index >= 15 is 0 Å². The van der Waals surface area contributed by atoms with Crippen molar-refractivity contribution in [1.29, 1.82) is 0 Å². The molecule has 0 radical (unpaired) electrons. The van der Waals surface area contributed by atoms with Gasteiger partial charge in [0.2, 0.25) is 10.3 Å². The SMILES string of the molecule is CCOc1cc([C@@H](CS(C)(=O)=O)n2c(=O)[nH]c3cc(C4CC4)cnc32)ccc1OC.CCOc1cc([C@H](Cc2ncc(C3CC3)cc2N)CS(C)(=O)=O)ccc1OC.CCOc1cc([C@H](Cc2ncc(C3CC3)cc2[N+](=O)[O-])CS(C)(=O)=O)ccc1OC.CCOc1cc([C@H](N)CS(C)(=O)=O)ccc1OC.O=[N+]([O-])c1cc(Br)cnc1Cl.O=[N+]([O-])c1cc(C2CC2)cnc1Cl.[CH3-].[W]. The van der Waals surface area contributed by atoms with Gasteiger partial charge >= 0.3 is 17.1 Å². The van der Waals surface area contributed by atoms with Gasteiger partial charge in [-0.3, -0.25) is 44.9 Å². The fourth-order valence-electron chi connectivity index (χ4n) is 14.1. The van der Waals surface area contributed by atoms with E-state index in [1.807, 2.05) is 64.2 Å². The quantitative estimate of drug-likeness (QED) is 0.0142. The number of nitrogen functional groups attached to an aromatic ring is 1. The van der Waals surface area contributed by atoms with E-state index in [1.165, 1.54) is 68.0 Å². The molecule has 43 heteroatoms. The number of fused-ring (bicyclic) bond motifs is 1. The number of aromatic amines is 1. The summed E-state index contributed by atoms with van der Waals surface area (Å²) in [6, 6.07) is 28.1. The summed E-state index contributed by atoms with van der Waals surface area (Å²) in [7, 11) is -6.87. The van der Waals surface area contributed by atoms with Crippen LogP contribution in [0.15, 0.2) is 143 Å². The number of sulfone groups is 4. The normalized spacial score (nSPS) is 14.2. The van der Waals surface area contributed by atoms with Crippen molar-refractivity contribution < 1.29 is 107 Å². The molecule has 0 saturated heterocycles. The molecule has 4 aliphatic rings. The molecule has 0 amide bonds. The zero-order chi connectivity index (χ0) is 95.3. The Bertz CT molecular complexity index is 6230. The third kappa shape index (κ3) is 32.9. The van der Waals surface area contributed by atoms with E-state index in [9.17, 15) is 68.8 Å². The Morgan fingerprint density at radius 1 is 0.455 bits per heavy atom. The Hall–Kier alpha value is -10.2. The summed E-state index contributed by atoms with van der Waals surface area (Å²) in [6.07, 6.45) is 22.5. The molecule has 716 valence electrons. The minimum atomic E-state index is -3.41. The molecule has 0 unspecified atom stereocenters. The molecule has 132 heavy (non-hydrogen) atoms. The van der Waals surface area contributed by atoms with E-state index in [0.717, 1.165) is 79.0 Å². The van der Waals surface area contributed by atoms with Gasteiger partial charge < -0.3 is 61.8 Å². The first-order valence-corrected chi connectivity index (χ1v) is 51.2. The van der Waals surface area contributed by atoms with Crippen molar-refractivity contribution in [3.05, 3.63) is 253 Å². The fourth-order valence-corrected chi connectivity index (χ4v) is 18.6. The fraction of sp³-hybridized carbons (Fsp3) is 0.427. The van der Waals surface area contributed by atoms with E-state index < -0.39 is 77.8 Å². The largest absolute Gasteiger partial charge is 0.493 e. The number of H-pyrrole nitrogens is 1. The van der Waals surface area contributed by atoms with E-state index in [1.54, 1.807) is 93.5 Å². The number of nitro groups is 3. The van der Waals surface area contributed by atoms with Crippen LogP contribution in [0.4, 0.5) is 22.7 Å². The van der Waals surface area contributed by atoms with Crippen LogP contribution >= 0.6 is 39.1 Å². The van der Waals surface area contributed by atoms with E-state index in [2.05, 4.69) is 45.8 Å². The summed E-state index contributed by atoms with van der Waals surface area (Å²) in [5.41, 5.74) is 21.0. The molecule has 35 nitrogen and oxygen atoms in total. The Morgan fingerprint density at radius 2 is 0.788 bits per heavy atom. The number of methoxy groups -OCH3 is 4. The van der Waals surface area contributed by atoms with Gasteiger partial charge in [0, 0.05) is 124 Å². The van der Waals surface area contributed by atoms with Crippen molar-refractivity contribution in [1.82, 2.24) is 34.5 Å². The molecule has 0 bridgehead atoms. The van der Waals surface area contributed by atoms with Crippen molar-refractivity contribution in [3.8, 4) is 46.0 Å². The van der Waals surface area contributed by atoms with E-state index in [4.69, 9.17) is 72.6 Å². The second-order valence-corrected chi connectivity index (χ2v) is 41.9. The van der Waals surface area contributed by atoms with Crippen LogP contribution < -0.4 is 55.1 Å². The van der Waals surface area contributed by atoms with Crippen molar-refractivity contribution in [2.45, 2.75) is 139 Å². The molecule has 0 spiro atoms. The van der Waals surface area contributed by atoms with Gasteiger partial charge in [0.1, 0.15) is 45.0 Å². The molecule has 6 aromatic heterocycles. The number of imidazole rings is 1. The third-order valence-electron chi connectivity index (χ3n) is 20.8. The molecule has 5 N–H and O–H groups in total. The first-order valence-electron chi connectivity index (χ1n) is 41.4. The topological polar surface area (TPSA) is 494 Å². The van der Waals surface area contributed by atoms with E-state index in [-0.39, 0.29) is 96.9 Å². The first kappa shape index (κ1) is 109. The number of anilines is 1. The molecule has 4 saturated carbocycles. The standard InChI is InChI=1S/C21H25N3O5S.C21H26N2O6S.C21H28N2O4S.C12H19NO4S.C8H7ClN2O2.C5H2BrClN2O2.CH3.W/c1-4-29-19-10-14(7-8-18(19)28-2)17(12-30(3,26)27)24-20-16(23-21(24)25)9-15(11-22-20)13-5-6-13;1-4-29-21-11-15(7-8-20(21)28-2)17(13-30(3,26)27)9-18-19(23(24)25)10-16(12-22-18)14-5-6-14;1-4-27-21-11-15(7-8-20(21)26-2)17(13-28(3,24)25)10-19-18(22)9-16(12-23-19)14-5-6-14;1-4-17-12-7-9(5-6-11(12)16-2)10(13)8-18(3,14)15;9-8-7(11(12)13)3-6(4-10-8)5-1-2-5;6-3-1-4(9(10)11)5(7)8-2-3;;/h7-11,13,17H,4-6,12H2,1-3H3,(H,23,25);7-8,10-12,14,17H,4-6,9,13H2,1-3H3;7-9,11-12,14,17H,4-6,10,13,22H2,1-3H3;5-7,10H,4,8,13H2,1-3H3;3-5H,1-2H2;1-2H;1H3;/q;;;;;;-1;/t3*17-;10-;;;;/m1111..../s1.